The lowest BCUT2D eigenvalue weighted by Crippen LogP contribution is -2.28. The molecular weight excluding hydrogens is 242 g/mol. The molecule has 0 unspecified atom stereocenters. The average Bonchev–Trinajstić information content (AvgIpc) is 2.75. The summed E-state index contributed by atoms with van der Waals surface area (Å²) in [5.74, 6) is 0.901. The standard InChI is InChI=1S/C14H21N3O2/c1-19-13-6-5-10(8-12(13)16)17-14(18)7-9-3-2-4-11(9)15/h5-6,8-9,11H,2-4,7,15-16H2,1H3,(H,17,18)/t9-,11+/m0/s1. The predicted molar refractivity (Wildman–Crippen MR) is 76.0 cm³/mol. The lowest BCUT2D eigenvalue weighted by atomic mass is 10.00. The van der Waals surface area contributed by atoms with Crippen molar-refractivity contribution in [3.05, 3.63) is 18.2 Å². The minimum atomic E-state index is -0.00748. The fourth-order valence-corrected chi connectivity index (χ4v) is 2.58. The Kier molecular flexibility index (Phi) is 4.27. The molecule has 1 aromatic carbocycles. The van der Waals surface area contributed by atoms with Gasteiger partial charge in [-0.1, -0.05) is 6.42 Å². The first-order valence-corrected chi connectivity index (χ1v) is 6.59. The zero-order valence-electron chi connectivity index (χ0n) is 11.2. The van der Waals surface area contributed by atoms with Crippen LogP contribution in [0, 0.1) is 5.92 Å². The highest BCUT2D eigenvalue weighted by atomic mass is 16.5. The van der Waals surface area contributed by atoms with Gasteiger partial charge in [0, 0.05) is 18.2 Å². The SMILES string of the molecule is COc1ccc(NC(=O)C[C@@H]2CCC[C@H]2N)cc1N. The fourth-order valence-electron chi connectivity index (χ4n) is 2.58. The van der Waals surface area contributed by atoms with Crippen LogP contribution in [0.5, 0.6) is 5.75 Å². The summed E-state index contributed by atoms with van der Waals surface area (Å²) < 4.78 is 5.07. The Labute approximate surface area is 113 Å². The molecule has 0 spiro atoms. The fraction of sp³-hybridized carbons (Fsp3) is 0.500. The van der Waals surface area contributed by atoms with Gasteiger partial charge in [0.15, 0.2) is 0 Å². The van der Waals surface area contributed by atoms with Gasteiger partial charge in [0.2, 0.25) is 5.91 Å². The van der Waals surface area contributed by atoms with E-state index in [1.54, 1.807) is 25.3 Å². The van der Waals surface area contributed by atoms with Crippen molar-refractivity contribution in [3.8, 4) is 5.75 Å². The van der Waals surface area contributed by atoms with Crippen LogP contribution < -0.4 is 21.5 Å². The van der Waals surface area contributed by atoms with E-state index in [9.17, 15) is 4.79 Å². The monoisotopic (exact) mass is 263 g/mol. The van der Waals surface area contributed by atoms with E-state index in [0.29, 0.717) is 29.5 Å². The highest BCUT2D eigenvalue weighted by Gasteiger charge is 2.26. The van der Waals surface area contributed by atoms with Crippen molar-refractivity contribution >= 4 is 17.3 Å². The molecule has 5 heteroatoms. The molecule has 1 amide bonds. The summed E-state index contributed by atoms with van der Waals surface area (Å²) in [5.41, 5.74) is 13.0. The number of anilines is 2. The highest BCUT2D eigenvalue weighted by molar-refractivity contribution is 5.91. The van der Waals surface area contributed by atoms with Gasteiger partial charge in [-0.15, -0.1) is 0 Å². The number of hydrogen-bond donors (Lipinski definition) is 3. The molecule has 1 aliphatic rings. The van der Waals surface area contributed by atoms with Crippen molar-refractivity contribution in [2.24, 2.45) is 11.7 Å². The lowest BCUT2D eigenvalue weighted by molar-refractivity contribution is -0.117. The van der Waals surface area contributed by atoms with E-state index >= 15 is 0 Å². The summed E-state index contributed by atoms with van der Waals surface area (Å²) in [4.78, 5) is 11.9. The van der Waals surface area contributed by atoms with E-state index in [1.165, 1.54) is 0 Å². The number of amides is 1. The number of methoxy groups -OCH3 is 1. The van der Waals surface area contributed by atoms with Crippen LogP contribution in [-0.2, 0) is 4.79 Å². The Bertz CT molecular complexity index is 462. The van der Waals surface area contributed by atoms with Gasteiger partial charge in [-0.2, -0.15) is 0 Å². The molecule has 0 radical (unpaired) electrons. The van der Waals surface area contributed by atoms with Crippen molar-refractivity contribution in [1.29, 1.82) is 0 Å². The third-order valence-electron chi connectivity index (χ3n) is 3.68. The second kappa shape index (κ2) is 5.93. The number of carbonyl (C=O) groups excluding carboxylic acids is 1. The molecule has 104 valence electrons. The summed E-state index contributed by atoms with van der Waals surface area (Å²) in [6.07, 6.45) is 3.66. The van der Waals surface area contributed by atoms with Crippen LogP contribution in [0.25, 0.3) is 0 Å². The van der Waals surface area contributed by atoms with Gasteiger partial charge in [0.25, 0.3) is 0 Å². The topological polar surface area (TPSA) is 90.4 Å². The molecule has 0 aliphatic heterocycles. The zero-order chi connectivity index (χ0) is 13.8. The Morgan fingerprint density at radius 2 is 2.26 bits per heavy atom. The molecule has 0 bridgehead atoms. The van der Waals surface area contributed by atoms with Crippen LogP contribution in [0.2, 0.25) is 0 Å². The first kappa shape index (κ1) is 13.7. The summed E-state index contributed by atoms with van der Waals surface area (Å²) in [7, 11) is 1.56. The molecule has 5 nitrogen and oxygen atoms in total. The Morgan fingerprint density at radius 3 is 2.84 bits per heavy atom. The third-order valence-corrected chi connectivity index (χ3v) is 3.68. The number of nitrogen functional groups attached to an aromatic ring is 1. The average molecular weight is 263 g/mol. The second-order valence-electron chi connectivity index (χ2n) is 5.06. The van der Waals surface area contributed by atoms with Gasteiger partial charge in [-0.25, -0.2) is 0 Å². The van der Waals surface area contributed by atoms with E-state index in [2.05, 4.69) is 5.32 Å². The number of hydrogen-bond acceptors (Lipinski definition) is 4. The minimum absolute atomic E-state index is 0.00748. The molecule has 0 heterocycles. The quantitative estimate of drug-likeness (QED) is 0.722. The number of nitrogens with two attached hydrogens (primary N) is 2. The van der Waals surface area contributed by atoms with Crippen molar-refractivity contribution in [3.63, 3.8) is 0 Å². The first-order chi connectivity index (χ1) is 9.10. The highest BCUT2D eigenvalue weighted by Crippen LogP contribution is 2.28. The molecule has 5 N–H and O–H groups in total. The van der Waals surface area contributed by atoms with E-state index in [-0.39, 0.29) is 11.9 Å². The van der Waals surface area contributed by atoms with Crippen LogP contribution in [0.4, 0.5) is 11.4 Å². The molecular formula is C14H21N3O2. The molecule has 1 aromatic rings. The van der Waals surface area contributed by atoms with Gasteiger partial charge in [-0.3, -0.25) is 4.79 Å². The number of rotatable bonds is 4. The lowest BCUT2D eigenvalue weighted by Gasteiger charge is -2.15. The largest absolute Gasteiger partial charge is 0.495 e. The number of nitrogens with one attached hydrogen (secondary N) is 1. The molecule has 0 saturated heterocycles. The Morgan fingerprint density at radius 1 is 1.47 bits per heavy atom. The van der Waals surface area contributed by atoms with E-state index in [4.69, 9.17) is 16.2 Å². The summed E-state index contributed by atoms with van der Waals surface area (Å²) in [6, 6.07) is 5.38. The van der Waals surface area contributed by atoms with Gasteiger partial charge < -0.3 is 21.5 Å². The van der Waals surface area contributed by atoms with Crippen LogP contribution in [0.15, 0.2) is 18.2 Å². The van der Waals surface area contributed by atoms with Crippen molar-refractivity contribution in [2.75, 3.05) is 18.2 Å². The Hall–Kier alpha value is -1.75. The van der Waals surface area contributed by atoms with E-state index in [0.717, 1.165) is 19.3 Å². The van der Waals surface area contributed by atoms with Crippen molar-refractivity contribution < 1.29 is 9.53 Å². The van der Waals surface area contributed by atoms with Crippen LogP contribution in [0.1, 0.15) is 25.7 Å². The van der Waals surface area contributed by atoms with Gasteiger partial charge >= 0.3 is 0 Å². The van der Waals surface area contributed by atoms with Crippen molar-refractivity contribution in [2.45, 2.75) is 31.7 Å². The van der Waals surface area contributed by atoms with E-state index < -0.39 is 0 Å². The van der Waals surface area contributed by atoms with Crippen LogP contribution in [0.3, 0.4) is 0 Å². The zero-order valence-corrected chi connectivity index (χ0v) is 11.2. The third kappa shape index (κ3) is 3.38. The van der Waals surface area contributed by atoms with Crippen LogP contribution >= 0.6 is 0 Å². The Balaban J connectivity index is 1.93. The second-order valence-corrected chi connectivity index (χ2v) is 5.06. The minimum Gasteiger partial charge on any atom is -0.495 e. The van der Waals surface area contributed by atoms with Crippen LogP contribution in [-0.4, -0.2) is 19.1 Å². The normalized spacial score (nSPS) is 22.2. The number of benzene rings is 1. The van der Waals surface area contributed by atoms with Crippen molar-refractivity contribution in [1.82, 2.24) is 0 Å². The smallest absolute Gasteiger partial charge is 0.224 e. The molecule has 1 saturated carbocycles. The molecule has 1 aliphatic carbocycles. The summed E-state index contributed by atoms with van der Waals surface area (Å²) in [6.45, 7) is 0. The molecule has 1 fully saturated rings. The molecule has 2 atom stereocenters. The number of ether oxygens (including phenoxy) is 1. The maximum Gasteiger partial charge on any atom is 0.224 e. The van der Waals surface area contributed by atoms with Gasteiger partial charge in [0.05, 0.1) is 12.8 Å². The van der Waals surface area contributed by atoms with Gasteiger partial charge in [0.1, 0.15) is 5.75 Å². The maximum absolute atomic E-state index is 11.9. The summed E-state index contributed by atoms with van der Waals surface area (Å²) >= 11 is 0. The number of carbonyl (C=O) groups is 1. The predicted octanol–water partition coefficient (Wildman–Crippen LogP) is 1.73. The first-order valence-electron chi connectivity index (χ1n) is 6.59. The maximum atomic E-state index is 11.9. The molecule has 19 heavy (non-hydrogen) atoms. The van der Waals surface area contributed by atoms with Gasteiger partial charge in [-0.05, 0) is 37.0 Å². The molecule has 0 aromatic heterocycles. The summed E-state index contributed by atoms with van der Waals surface area (Å²) in [5, 5.41) is 2.85. The molecule has 2 rings (SSSR count). The van der Waals surface area contributed by atoms with E-state index in [1.807, 2.05) is 0 Å².